The van der Waals surface area contributed by atoms with Crippen LogP contribution >= 0.6 is 0 Å². The van der Waals surface area contributed by atoms with Crippen LogP contribution in [0.25, 0.3) is 5.57 Å². The van der Waals surface area contributed by atoms with E-state index in [0.717, 1.165) is 11.1 Å². The molecule has 2 rings (SSSR count). The van der Waals surface area contributed by atoms with Gasteiger partial charge in [0.1, 0.15) is 0 Å². The molecule has 17 heavy (non-hydrogen) atoms. The van der Waals surface area contributed by atoms with Crippen molar-refractivity contribution in [3.05, 3.63) is 39.3 Å². The fourth-order valence-electron chi connectivity index (χ4n) is 2.16. The van der Waals surface area contributed by atoms with Crippen molar-refractivity contribution in [3.63, 3.8) is 0 Å². The fraction of sp³-hybridized carbons (Fsp3) is 0.385. The molecule has 0 unspecified atom stereocenters. The van der Waals surface area contributed by atoms with Gasteiger partial charge in [0, 0.05) is 25.2 Å². The molecule has 4 nitrogen and oxygen atoms in total. The zero-order valence-corrected chi connectivity index (χ0v) is 10.2. The molecule has 90 valence electrons. The molecular formula is C13H15NO3. The number of fused-ring (bicyclic) bond motifs is 1. The van der Waals surface area contributed by atoms with Gasteiger partial charge in [0.2, 0.25) is 0 Å². The molecule has 1 aliphatic carbocycles. The maximum absolute atomic E-state index is 11.9. The highest BCUT2D eigenvalue weighted by molar-refractivity contribution is 6.19. The summed E-state index contributed by atoms with van der Waals surface area (Å²) in [5.41, 5.74) is 2.84. The summed E-state index contributed by atoms with van der Waals surface area (Å²) in [6.45, 7) is 3.98. The third-order valence-electron chi connectivity index (χ3n) is 2.99. The molecular weight excluding hydrogens is 218 g/mol. The number of hydrogen-bond acceptors (Lipinski definition) is 3. The van der Waals surface area contributed by atoms with Gasteiger partial charge in [0.15, 0.2) is 0 Å². The molecule has 0 aliphatic heterocycles. The normalized spacial score (nSPS) is 13.8. The molecule has 0 aromatic carbocycles. The van der Waals surface area contributed by atoms with Gasteiger partial charge in [-0.25, -0.2) is 4.79 Å². The number of hydrogen-bond donors (Lipinski definition) is 0. The van der Waals surface area contributed by atoms with Gasteiger partial charge in [0.25, 0.3) is 5.56 Å². The number of aryl methyl sites for hydroxylation is 1. The number of carbonyl (C=O) groups is 1. The predicted molar refractivity (Wildman–Crippen MR) is 64.6 cm³/mol. The van der Waals surface area contributed by atoms with E-state index in [2.05, 4.69) is 0 Å². The highest BCUT2D eigenvalue weighted by Gasteiger charge is 2.27. The van der Waals surface area contributed by atoms with Crippen molar-refractivity contribution >= 4 is 11.5 Å². The SMILES string of the molecule is CCOC(=O)C1=C(C)Cc2c1ccn(C)c2=O. The van der Waals surface area contributed by atoms with E-state index < -0.39 is 0 Å². The molecule has 0 saturated heterocycles. The van der Waals surface area contributed by atoms with Gasteiger partial charge >= 0.3 is 5.97 Å². The molecule has 1 aromatic heterocycles. The first-order valence-electron chi connectivity index (χ1n) is 5.62. The van der Waals surface area contributed by atoms with E-state index in [9.17, 15) is 9.59 Å². The van der Waals surface area contributed by atoms with Crippen molar-refractivity contribution in [1.82, 2.24) is 4.57 Å². The topological polar surface area (TPSA) is 48.3 Å². The minimum absolute atomic E-state index is 0.0406. The molecule has 0 amide bonds. The highest BCUT2D eigenvalue weighted by Crippen LogP contribution is 2.31. The Morgan fingerprint density at radius 2 is 2.24 bits per heavy atom. The maximum Gasteiger partial charge on any atom is 0.338 e. The molecule has 1 aromatic rings. The average molecular weight is 233 g/mol. The van der Waals surface area contributed by atoms with E-state index in [1.54, 1.807) is 26.2 Å². The van der Waals surface area contributed by atoms with Crippen molar-refractivity contribution in [2.24, 2.45) is 7.05 Å². The second kappa shape index (κ2) is 4.20. The molecule has 1 heterocycles. The van der Waals surface area contributed by atoms with Crippen molar-refractivity contribution in [2.75, 3.05) is 6.61 Å². The van der Waals surface area contributed by atoms with E-state index in [1.165, 1.54) is 4.57 Å². The third kappa shape index (κ3) is 1.79. The van der Waals surface area contributed by atoms with Crippen molar-refractivity contribution in [1.29, 1.82) is 0 Å². The minimum atomic E-state index is -0.336. The van der Waals surface area contributed by atoms with Crippen LogP contribution in [0.4, 0.5) is 0 Å². The van der Waals surface area contributed by atoms with Crippen molar-refractivity contribution < 1.29 is 9.53 Å². The standard InChI is InChI=1S/C13H15NO3/c1-4-17-13(16)11-8(2)7-10-9(11)5-6-14(3)12(10)15/h5-6H,4,7H2,1-3H3. The smallest absolute Gasteiger partial charge is 0.338 e. The Kier molecular flexibility index (Phi) is 2.88. The summed E-state index contributed by atoms with van der Waals surface area (Å²) in [5, 5.41) is 0. The predicted octanol–water partition coefficient (Wildman–Crippen LogP) is 1.28. The number of allylic oxidation sites excluding steroid dienone is 1. The summed E-state index contributed by atoms with van der Waals surface area (Å²) in [5.74, 6) is -0.336. The van der Waals surface area contributed by atoms with E-state index in [4.69, 9.17) is 4.74 Å². The van der Waals surface area contributed by atoms with Crippen LogP contribution in [0, 0.1) is 0 Å². The Balaban J connectivity index is 2.53. The van der Waals surface area contributed by atoms with Gasteiger partial charge in [0.05, 0.1) is 12.2 Å². The van der Waals surface area contributed by atoms with Crippen LogP contribution in [0.5, 0.6) is 0 Å². The van der Waals surface area contributed by atoms with Gasteiger partial charge < -0.3 is 9.30 Å². The van der Waals surface area contributed by atoms with Crippen LogP contribution < -0.4 is 5.56 Å². The van der Waals surface area contributed by atoms with Gasteiger partial charge in [-0.3, -0.25) is 4.79 Å². The van der Waals surface area contributed by atoms with Crippen LogP contribution in [0.2, 0.25) is 0 Å². The lowest BCUT2D eigenvalue weighted by Gasteiger charge is -2.06. The summed E-state index contributed by atoms with van der Waals surface area (Å²) >= 11 is 0. The Labute approximate surface area is 99.5 Å². The highest BCUT2D eigenvalue weighted by atomic mass is 16.5. The van der Waals surface area contributed by atoms with Gasteiger partial charge in [-0.1, -0.05) is 5.57 Å². The summed E-state index contributed by atoms with van der Waals surface area (Å²) in [6, 6.07) is 1.81. The quantitative estimate of drug-likeness (QED) is 0.723. The van der Waals surface area contributed by atoms with Crippen LogP contribution in [0.3, 0.4) is 0 Å². The minimum Gasteiger partial charge on any atom is -0.462 e. The van der Waals surface area contributed by atoms with Crippen molar-refractivity contribution in [3.8, 4) is 0 Å². The first kappa shape index (κ1) is 11.6. The first-order valence-corrected chi connectivity index (χ1v) is 5.62. The maximum atomic E-state index is 11.9. The Morgan fingerprint density at radius 3 is 2.88 bits per heavy atom. The van der Waals surface area contributed by atoms with Gasteiger partial charge in [-0.05, 0) is 25.5 Å². The number of carbonyl (C=O) groups excluding carboxylic acids is 1. The van der Waals surface area contributed by atoms with Crippen LogP contribution in [-0.4, -0.2) is 17.1 Å². The Hall–Kier alpha value is -1.84. The number of aromatic nitrogens is 1. The van der Waals surface area contributed by atoms with E-state index in [-0.39, 0.29) is 11.5 Å². The van der Waals surface area contributed by atoms with Gasteiger partial charge in [-0.15, -0.1) is 0 Å². The zero-order valence-electron chi connectivity index (χ0n) is 10.2. The lowest BCUT2D eigenvalue weighted by atomic mass is 10.1. The summed E-state index contributed by atoms with van der Waals surface area (Å²) in [7, 11) is 1.71. The summed E-state index contributed by atoms with van der Waals surface area (Å²) < 4.78 is 6.55. The summed E-state index contributed by atoms with van der Waals surface area (Å²) in [4.78, 5) is 23.7. The van der Waals surface area contributed by atoms with E-state index in [1.807, 2.05) is 6.92 Å². The van der Waals surface area contributed by atoms with E-state index >= 15 is 0 Å². The number of ether oxygens (including phenoxy) is 1. The van der Waals surface area contributed by atoms with E-state index in [0.29, 0.717) is 24.2 Å². The van der Waals surface area contributed by atoms with Crippen LogP contribution in [0.15, 0.2) is 22.6 Å². The zero-order chi connectivity index (χ0) is 12.6. The molecule has 4 heteroatoms. The van der Waals surface area contributed by atoms with Crippen LogP contribution in [-0.2, 0) is 23.0 Å². The third-order valence-corrected chi connectivity index (χ3v) is 2.99. The first-order chi connectivity index (χ1) is 8.06. The number of pyridine rings is 1. The molecule has 1 aliphatic rings. The molecule has 0 saturated carbocycles. The second-order valence-electron chi connectivity index (χ2n) is 4.18. The van der Waals surface area contributed by atoms with Crippen molar-refractivity contribution in [2.45, 2.75) is 20.3 Å². The van der Waals surface area contributed by atoms with Crippen LogP contribution in [0.1, 0.15) is 25.0 Å². The van der Waals surface area contributed by atoms with Gasteiger partial charge in [-0.2, -0.15) is 0 Å². The number of nitrogens with zero attached hydrogens (tertiary/aromatic N) is 1. The monoisotopic (exact) mass is 233 g/mol. The number of rotatable bonds is 2. The lowest BCUT2D eigenvalue weighted by molar-refractivity contribution is -0.136. The average Bonchev–Trinajstić information content (AvgIpc) is 2.61. The second-order valence-corrected chi connectivity index (χ2v) is 4.18. The molecule has 0 N–H and O–H groups in total. The fourth-order valence-corrected chi connectivity index (χ4v) is 2.16. The number of esters is 1. The molecule has 0 radical (unpaired) electrons. The molecule has 0 bridgehead atoms. The molecule has 0 atom stereocenters. The summed E-state index contributed by atoms with van der Waals surface area (Å²) in [6.07, 6.45) is 2.22. The molecule has 0 fully saturated rings. The molecule has 0 spiro atoms. The Bertz CT molecular complexity index is 567. The Morgan fingerprint density at radius 1 is 1.53 bits per heavy atom. The lowest BCUT2D eigenvalue weighted by Crippen LogP contribution is -2.20. The largest absolute Gasteiger partial charge is 0.462 e.